The summed E-state index contributed by atoms with van der Waals surface area (Å²) in [4.78, 5) is 24.8. The van der Waals surface area contributed by atoms with Crippen molar-refractivity contribution in [1.29, 1.82) is 0 Å². The first-order valence-electron chi connectivity index (χ1n) is 11.3. The number of ether oxygens (including phenoxy) is 1. The van der Waals surface area contributed by atoms with Gasteiger partial charge in [0.05, 0.1) is 12.3 Å². The van der Waals surface area contributed by atoms with E-state index in [9.17, 15) is 9.59 Å². The number of hydrogen-bond acceptors (Lipinski definition) is 6. The molecule has 3 N–H and O–H groups in total. The quantitative estimate of drug-likeness (QED) is 0.375. The molecule has 1 aromatic heterocycles. The lowest BCUT2D eigenvalue weighted by molar-refractivity contribution is -0.118. The number of aromatic nitrogens is 3. The molecule has 1 atom stereocenters. The maximum Gasteiger partial charge on any atom is 0.242 e. The molecule has 9 heteroatoms. The summed E-state index contributed by atoms with van der Waals surface area (Å²) in [7, 11) is 0. The van der Waals surface area contributed by atoms with Crippen molar-refractivity contribution in [2.75, 3.05) is 11.9 Å². The fourth-order valence-electron chi connectivity index (χ4n) is 3.43. The molecule has 3 rings (SSSR count). The van der Waals surface area contributed by atoms with Crippen molar-refractivity contribution >= 4 is 29.3 Å². The molecule has 0 aliphatic rings. The standard InChI is InChI=1S/C25H31N5O3S/c1-4-33-20-13-9-8-12-19(20)27-24(32)23(18-10-6-5-7-11-18)34-25-29-28-22(15-14-21(26)31)30(25)16-17(2)3/h5-13,17,23H,4,14-16H2,1-3H3,(H2,26,31)(H,27,32). The van der Waals surface area contributed by atoms with Gasteiger partial charge < -0.3 is 20.4 Å². The van der Waals surface area contributed by atoms with Crippen LogP contribution in [0.15, 0.2) is 59.8 Å². The first kappa shape index (κ1) is 25.3. The van der Waals surface area contributed by atoms with Gasteiger partial charge in [-0.05, 0) is 30.5 Å². The highest BCUT2D eigenvalue weighted by Gasteiger charge is 2.27. The van der Waals surface area contributed by atoms with Crippen LogP contribution in [0.5, 0.6) is 5.75 Å². The lowest BCUT2D eigenvalue weighted by atomic mass is 10.1. The zero-order valence-electron chi connectivity index (χ0n) is 19.7. The van der Waals surface area contributed by atoms with Gasteiger partial charge in [-0.15, -0.1) is 10.2 Å². The summed E-state index contributed by atoms with van der Waals surface area (Å²) in [5.74, 6) is 1.05. The minimum absolute atomic E-state index is 0.192. The van der Waals surface area contributed by atoms with Crippen LogP contribution in [0.3, 0.4) is 0 Å². The van der Waals surface area contributed by atoms with Crippen LogP contribution in [0.2, 0.25) is 0 Å². The molecular formula is C25H31N5O3S. The van der Waals surface area contributed by atoms with E-state index in [0.717, 1.165) is 5.56 Å². The lowest BCUT2D eigenvalue weighted by Gasteiger charge is -2.19. The van der Waals surface area contributed by atoms with Crippen molar-refractivity contribution in [3.05, 3.63) is 66.0 Å². The molecule has 1 heterocycles. The van der Waals surface area contributed by atoms with Crippen molar-refractivity contribution in [2.45, 2.75) is 50.6 Å². The van der Waals surface area contributed by atoms with Gasteiger partial charge in [-0.25, -0.2) is 0 Å². The van der Waals surface area contributed by atoms with Gasteiger partial charge in [0, 0.05) is 19.4 Å². The number of para-hydroxylation sites is 2. The Balaban J connectivity index is 1.92. The summed E-state index contributed by atoms with van der Waals surface area (Å²) in [5, 5.41) is 11.7. The average molecular weight is 482 g/mol. The Morgan fingerprint density at radius 2 is 1.79 bits per heavy atom. The topological polar surface area (TPSA) is 112 Å². The molecule has 0 aliphatic heterocycles. The summed E-state index contributed by atoms with van der Waals surface area (Å²) in [6.45, 7) is 7.26. The second-order valence-corrected chi connectivity index (χ2v) is 9.27. The number of thioether (sulfide) groups is 1. The van der Waals surface area contributed by atoms with Gasteiger partial charge in [-0.2, -0.15) is 0 Å². The zero-order valence-corrected chi connectivity index (χ0v) is 20.5. The molecular weight excluding hydrogens is 450 g/mol. The monoisotopic (exact) mass is 481 g/mol. The number of amides is 2. The maximum absolute atomic E-state index is 13.5. The molecule has 0 fully saturated rings. The number of rotatable bonds is 12. The highest BCUT2D eigenvalue weighted by molar-refractivity contribution is 8.00. The Morgan fingerprint density at radius 3 is 2.47 bits per heavy atom. The number of nitrogens with two attached hydrogens (primary N) is 1. The summed E-state index contributed by atoms with van der Waals surface area (Å²) in [5.41, 5.74) is 6.79. The SMILES string of the molecule is CCOc1ccccc1NC(=O)C(Sc1nnc(CCC(N)=O)n1CC(C)C)c1ccccc1. The second kappa shape index (κ2) is 12.2. The fraction of sp³-hybridized carbons (Fsp3) is 0.360. The van der Waals surface area contributed by atoms with Gasteiger partial charge in [-0.1, -0.05) is 68.1 Å². The molecule has 0 saturated heterocycles. The number of carbonyl (C=O) groups excluding carboxylic acids is 2. The van der Waals surface area contributed by atoms with Crippen LogP contribution < -0.4 is 15.8 Å². The van der Waals surface area contributed by atoms with Gasteiger partial charge in [-0.3, -0.25) is 9.59 Å². The fourth-order valence-corrected chi connectivity index (χ4v) is 4.50. The minimum Gasteiger partial charge on any atom is -0.492 e. The predicted octanol–water partition coefficient (Wildman–Crippen LogP) is 4.22. The van der Waals surface area contributed by atoms with Crippen LogP contribution in [-0.2, 0) is 22.6 Å². The summed E-state index contributed by atoms with van der Waals surface area (Å²) < 4.78 is 7.65. The van der Waals surface area contributed by atoms with Crippen LogP contribution in [0.1, 0.15) is 43.8 Å². The highest BCUT2D eigenvalue weighted by atomic mass is 32.2. The third-order valence-corrected chi connectivity index (χ3v) is 6.18. The number of aryl methyl sites for hydroxylation is 1. The molecule has 34 heavy (non-hydrogen) atoms. The number of carbonyl (C=O) groups is 2. The Kier molecular flexibility index (Phi) is 9.09. The highest BCUT2D eigenvalue weighted by Crippen LogP contribution is 2.37. The van der Waals surface area contributed by atoms with Gasteiger partial charge >= 0.3 is 0 Å². The van der Waals surface area contributed by atoms with Crippen LogP contribution in [0.4, 0.5) is 5.69 Å². The second-order valence-electron chi connectivity index (χ2n) is 8.20. The molecule has 0 radical (unpaired) electrons. The molecule has 3 aromatic rings. The van der Waals surface area contributed by atoms with Crippen molar-refractivity contribution in [3.63, 3.8) is 0 Å². The molecule has 1 unspecified atom stereocenters. The Morgan fingerprint density at radius 1 is 1.09 bits per heavy atom. The van der Waals surface area contributed by atoms with Crippen LogP contribution in [0, 0.1) is 5.92 Å². The van der Waals surface area contributed by atoms with Gasteiger partial charge in [0.15, 0.2) is 5.16 Å². The number of benzene rings is 2. The molecule has 0 aliphatic carbocycles. The van der Waals surface area contributed by atoms with Crippen LogP contribution in [0.25, 0.3) is 0 Å². The number of nitrogens with one attached hydrogen (secondary N) is 1. The van der Waals surface area contributed by atoms with Crippen molar-refractivity contribution < 1.29 is 14.3 Å². The van der Waals surface area contributed by atoms with E-state index in [1.54, 1.807) is 0 Å². The van der Waals surface area contributed by atoms with E-state index in [1.165, 1.54) is 11.8 Å². The number of anilines is 1. The largest absolute Gasteiger partial charge is 0.492 e. The van der Waals surface area contributed by atoms with Gasteiger partial charge in [0.1, 0.15) is 16.8 Å². The van der Waals surface area contributed by atoms with Gasteiger partial charge in [0.2, 0.25) is 11.8 Å². The minimum atomic E-state index is -0.574. The molecule has 8 nitrogen and oxygen atoms in total. The van der Waals surface area contributed by atoms with E-state index in [4.69, 9.17) is 10.5 Å². The number of primary amides is 1. The van der Waals surface area contributed by atoms with E-state index >= 15 is 0 Å². The van der Waals surface area contributed by atoms with Crippen molar-refractivity contribution in [3.8, 4) is 5.75 Å². The molecule has 0 saturated carbocycles. The van der Waals surface area contributed by atoms with Crippen molar-refractivity contribution in [2.24, 2.45) is 11.7 Å². The third kappa shape index (κ3) is 6.84. The van der Waals surface area contributed by atoms with E-state index in [-0.39, 0.29) is 18.2 Å². The first-order chi connectivity index (χ1) is 16.4. The molecule has 2 amide bonds. The maximum atomic E-state index is 13.5. The lowest BCUT2D eigenvalue weighted by Crippen LogP contribution is -2.20. The number of hydrogen-bond donors (Lipinski definition) is 2. The van der Waals surface area contributed by atoms with E-state index < -0.39 is 5.25 Å². The van der Waals surface area contributed by atoms with E-state index in [0.29, 0.717) is 47.9 Å². The predicted molar refractivity (Wildman–Crippen MR) is 134 cm³/mol. The van der Waals surface area contributed by atoms with E-state index in [2.05, 4.69) is 29.4 Å². The van der Waals surface area contributed by atoms with Crippen LogP contribution in [-0.4, -0.2) is 33.2 Å². The summed E-state index contributed by atoms with van der Waals surface area (Å²) in [6, 6.07) is 16.9. The first-order valence-corrected chi connectivity index (χ1v) is 12.2. The third-order valence-electron chi connectivity index (χ3n) is 4.94. The molecule has 180 valence electrons. The van der Waals surface area contributed by atoms with Crippen molar-refractivity contribution in [1.82, 2.24) is 14.8 Å². The zero-order chi connectivity index (χ0) is 24.5. The Bertz CT molecular complexity index is 1100. The van der Waals surface area contributed by atoms with Gasteiger partial charge in [0.25, 0.3) is 0 Å². The molecule has 0 bridgehead atoms. The molecule has 2 aromatic carbocycles. The Hall–Kier alpha value is -3.33. The molecule has 0 spiro atoms. The number of nitrogens with zero attached hydrogens (tertiary/aromatic N) is 3. The smallest absolute Gasteiger partial charge is 0.242 e. The summed E-state index contributed by atoms with van der Waals surface area (Å²) in [6.07, 6.45) is 0.594. The Labute approximate surface area is 204 Å². The van der Waals surface area contributed by atoms with E-state index in [1.807, 2.05) is 66.1 Å². The van der Waals surface area contributed by atoms with Crippen LogP contribution >= 0.6 is 11.8 Å². The average Bonchev–Trinajstić information content (AvgIpc) is 3.18. The summed E-state index contributed by atoms with van der Waals surface area (Å²) >= 11 is 1.33. The normalized spacial score (nSPS) is 11.9.